The highest BCUT2D eigenvalue weighted by Crippen LogP contribution is 2.32. The minimum absolute atomic E-state index is 0.0221. The molecule has 1 aliphatic heterocycles. The summed E-state index contributed by atoms with van der Waals surface area (Å²) < 4.78 is 5.66. The van der Waals surface area contributed by atoms with Gasteiger partial charge in [0.05, 0.1) is 5.92 Å². The van der Waals surface area contributed by atoms with Crippen LogP contribution in [0, 0.1) is 0 Å². The molecular weight excluding hydrogens is 524 g/mol. The summed E-state index contributed by atoms with van der Waals surface area (Å²) in [7, 11) is 0. The van der Waals surface area contributed by atoms with Crippen molar-refractivity contribution in [1.29, 1.82) is 0 Å². The second kappa shape index (κ2) is 12.9. The monoisotopic (exact) mass is 556 g/mol. The van der Waals surface area contributed by atoms with Crippen LogP contribution < -0.4 is 0 Å². The molecule has 5 rings (SSSR count). The molecule has 1 aromatic heterocycles. The van der Waals surface area contributed by atoms with E-state index in [0.29, 0.717) is 36.2 Å². The number of piperidine rings is 1. The molecule has 0 spiro atoms. The van der Waals surface area contributed by atoms with Crippen molar-refractivity contribution in [2.24, 2.45) is 0 Å². The summed E-state index contributed by atoms with van der Waals surface area (Å²) in [6.07, 6.45) is 3.20. The second-order valence-corrected chi connectivity index (χ2v) is 10.5. The molecule has 206 valence electrons. The van der Waals surface area contributed by atoms with Gasteiger partial charge in [0, 0.05) is 23.7 Å². The minimum Gasteiger partial charge on any atom is -0.337 e. The molecule has 0 radical (unpaired) electrons. The Labute approximate surface area is 239 Å². The first-order chi connectivity index (χ1) is 19.5. The molecule has 1 saturated heterocycles. The van der Waals surface area contributed by atoms with E-state index < -0.39 is 0 Å². The van der Waals surface area contributed by atoms with E-state index in [4.69, 9.17) is 16.1 Å². The van der Waals surface area contributed by atoms with Gasteiger partial charge in [0.15, 0.2) is 0 Å². The Hall–Kier alpha value is -3.97. The van der Waals surface area contributed by atoms with Crippen molar-refractivity contribution in [3.8, 4) is 11.4 Å². The summed E-state index contributed by atoms with van der Waals surface area (Å²) in [6, 6.07) is 26.5. The number of aromatic nitrogens is 2. The maximum atomic E-state index is 13.9. The first-order valence-corrected chi connectivity index (χ1v) is 14.2. The maximum Gasteiger partial charge on any atom is 0.249 e. The van der Waals surface area contributed by atoms with Crippen molar-refractivity contribution < 1.29 is 14.1 Å². The third-order valence-corrected chi connectivity index (χ3v) is 7.67. The number of carbonyl (C=O) groups excluding carboxylic acids is 2. The van der Waals surface area contributed by atoms with Gasteiger partial charge in [-0.15, -0.1) is 0 Å². The summed E-state index contributed by atoms with van der Waals surface area (Å²) in [4.78, 5) is 35.9. The van der Waals surface area contributed by atoms with Crippen molar-refractivity contribution in [3.05, 3.63) is 107 Å². The normalized spacial score (nSPS) is 15.9. The number of benzene rings is 3. The van der Waals surface area contributed by atoms with Crippen LogP contribution in [0.5, 0.6) is 0 Å². The smallest absolute Gasteiger partial charge is 0.249 e. The van der Waals surface area contributed by atoms with Crippen LogP contribution >= 0.6 is 11.6 Å². The molecule has 7 nitrogen and oxygen atoms in total. The molecule has 0 N–H and O–H groups in total. The zero-order valence-electron chi connectivity index (χ0n) is 22.6. The van der Waals surface area contributed by atoms with Gasteiger partial charge in [-0.2, -0.15) is 4.98 Å². The third kappa shape index (κ3) is 6.42. The van der Waals surface area contributed by atoms with Crippen molar-refractivity contribution >= 4 is 23.4 Å². The predicted molar refractivity (Wildman–Crippen MR) is 154 cm³/mol. The number of likely N-dealkylation sites (tertiary alicyclic amines) is 1. The van der Waals surface area contributed by atoms with Crippen molar-refractivity contribution in [1.82, 2.24) is 19.9 Å². The van der Waals surface area contributed by atoms with Gasteiger partial charge in [-0.3, -0.25) is 9.59 Å². The van der Waals surface area contributed by atoms with Crippen LogP contribution in [-0.4, -0.2) is 44.8 Å². The Morgan fingerprint density at radius 3 is 2.40 bits per heavy atom. The zero-order chi connectivity index (χ0) is 27.9. The van der Waals surface area contributed by atoms with Gasteiger partial charge >= 0.3 is 0 Å². The first-order valence-electron chi connectivity index (χ1n) is 13.8. The molecule has 4 aromatic rings. The van der Waals surface area contributed by atoms with E-state index in [1.807, 2.05) is 79.7 Å². The fourth-order valence-corrected chi connectivity index (χ4v) is 5.43. The highest BCUT2D eigenvalue weighted by molar-refractivity contribution is 6.30. The summed E-state index contributed by atoms with van der Waals surface area (Å²) in [5.74, 6) is 0.368. The highest BCUT2D eigenvalue weighted by Gasteiger charge is 2.34. The maximum absolute atomic E-state index is 13.9. The Morgan fingerprint density at radius 1 is 1.00 bits per heavy atom. The molecule has 2 amide bonds. The molecule has 0 aliphatic carbocycles. The number of hydrogen-bond donors (Lipinski definition) is 0. The fourth-order valence-electron chi connectivity index (χ4n) is 5.30. The highest BCUT2D eigenvalue weighted by atomic mass is 35.5. The number of halogens is 1. The number of rotatable bonds is 9. The SMILES string of the molecule is CCC(C(=O)N(CC(=O)N1CCCCC1c1nc(-c2ccc(Cl)cc2)no1)Cc1ccccc1)c1ccccc1. The summed E-state index contributed by atoms with van der Waals surface area (Å²) in [5.41, 5.74) is 2.72. The van der Waals surface area contributed by atoms with Crippen molar-refractivity contribution in [2.45, 2.75) is 51.1 Å². The van der Waals surface area contributed by atoms with Gasteiger partial charge < -0.3 is 14.3 Å². The molecule has 0 saturated carbocycles. The molecular formula is C32H33ClN4O3. The minimum atomic E-state index is -0.334. The van der Waals surface area contributed by atoms with Gasteiger partial charge in [0.25, 0.3) is 0 Å². The summed E-state index contributed by atoms with van der Waals surface area (Å²) >= 11 is 6.02. The van der Waals surface area contributed by atoms with E-state index in [1.165, 1.54) is 0 Å². The molecule has 2 heterocycles. The van der Waals surface area contributed by atoms with Gasteiger partial charge in [-0.25, -0.2) is 0 Å². The number of nitrogens with zero attached hydrogens (tertiary/aromatic N) is 4. The topological polar surface area (TPSA) is 79.5 Å². The van der Waals surface area contributed by atoms with Gasteiger partial charge in [0.2, 0.25) is 23.5 Å². The van der Waals surface area contributed by atoms with Crippen LogP contribution in [0.25, 0.3) is 11.4 Å². The van der Waals surface area contributed by atoms with Crippen LogP contribution in [0.2, 0.25) is 5.02 Å². The standard InChI is InChI=1S/C32H33ClN4O3/c1-2-27(24-13-7-4-8-14-24)32(39)36(21-23-11-5-3-6-12-23)22-29(38)37-20-10-9-15-28(37)31-34-30(35-40-31)25-16-18-26(33)19-17-25/h3-8,11-14,16-19,27-28H,2,9-10,15,20-22H2,1H3. The first kappa shape index (κ1) is 27.6. The van der Waals surface area contributed by atoms with E-state index in [1.54, 1.807) is 21.9 Å². The lowest BCUT2D eigenvalue weighted by Crippen LogP contribution is -2.46. The fraction of sp³-hybridized carbons (Fsp3) is 0.312. The summed E-state index contributed by atoms with van der Waals surface area (Å²) in [6.45, 7) is 2.91. The lowest BCUT2D eigenvalue weighted by molar-refractivity contribution is -0.144. The molecule has 8 heteroatoms. The van der Waals surface area contributed by atoms with Crippen LogP contribution in [0.3, 0.4) is 0 Å². The van der Waals surface area contributed by atoms with Gasteiger partial charge in [-0.05, 0) is 61.1 Å². The number of carbonyl (C=O) groups is 2. The van der Waals surface area contributed by atoms with Crippen LogP contribution in [0.1, 0.15) is 61.6 Å². The van der Waals surface area contributed by atoms with Crippen LogP contribution in [-0.2, 0) is 16.1 Å². The van der Waals surface area contributed by atoms with E-state index in [2.05, 4.69) is 10.1 Å². The second-order valence-electron chi connectivity index (χ2n) is 10.1. The number of amides is 2. The lowest BCUT2D eigenvalue weighted by Gasteiger charge is -2.35. The average Bonchev–Trinajstić information content (AvgIpc) is 3.49. The Morgan fingerprint density at radius 2 is 1.70 bits per heavy atom. The Bertz CT molecular complexity index is 1410. The number of hydrogen-bond acceptors (Lipinski definition) is 5. The van der Waals surface area contributed by atoms with Gasteiger partial charge in [0.1, 0.15) is 12.6 Å². The molecule has 1 aliphatic rings. The van der Waals surface area contributed by atoms with Crippen LogP contribution in [0.4, 0.5) is 0 Å². The quantitative estimate of drug-likeness (QED) is 0.230. The van der Waals surface area contributed by atoms with E-state index >= 15 is 0 Å². The Balaban J connectivity index is 1.38. The third-order valence-electron chi connectivity index (χ3n) is 7.41. The van der Waals surface area contributed by atoms with E-state index in [-0.39, 0.29) is 30.3 Å². The molecule has 40 heavy (non-hydrogen) atoms. The van der Waals surface area contributed by atoms with E-state index in [9.17, 15) is 9.59 Å². The molecule has 1 fully saturated rings. The molecule has 2 unspecified atom stereocenters. The van der Waals surface area contributed by atoms with E-state index in [0.717, 1.165) is 36.0 Å². The average molecular weight is 557 g/mol. The van der Waals surface area contributed by atoms with Crippen LogP contribution in [0.15, 0.2) is 89.5 Å². The van der Waals surface area contributed by atoms with Gasteiger partial charge in [-0.1, -0.05) is 84.3 Å². The molecule has 2 atom stereocenters. The van der Waals surface area contributed by atoms with Crippen molar-refractivity contribution in [2.75, 3.05) is 13.1 Å². The molecule has 0 bridgehead atoms. The van der Waals surface area contributed by atoms with Crippen molar-refractivity contribution in [3.63, 3.8) is 0 Å². The zero-order valence-corrected chi connectivity index (χ0v) is 23.3. The summed E-state index contributed by atoms with van der Waals surface area (Å²) in [5, 5.41) is 4.79. The predicted octanol–water partition coefficient (Wildman–Crippen LogP) is 6.67. The lowest BCUT2D eigenvalue weighted by atomic mass is 9.94. The largest absolute Gasteiger partial charge is 0.337 e. The molecule has 3 aromatic carbocycles. The Kier molecular flexibility index (Phi) is 8.91.